The number of pyridine rings is 1. The van der Waals surface area contributed by atoms with Gasteiger partial charge in [0.2, 0.25) is 0 Å². The van der Waals surface area contributed by atoms with Gasteiger partial charge in [0, 0.05) is 44.3 Å². The van der Waals surface area contributed by atoms with Crippen LogP contribution >= 0.6 is 37.2 Å². The summed E-state index contributed by atoms with van der Waals surface area (Å²) < 4.78 is 2.06. The monoisotopic (exact) mass is 310 g/mol. The molecule has 0 radical (unpaired) electrons. The first-order valence-corrected chi connectivity index (χ1v) is 5.30. The van der Waals surface area contributed by atoms with Crippen molar-refractivity contribution in [3.05, 3.63) is 36.3 Å². The lowest BCUT2D eigenvalue weighted by molar-refractivity contribution is 0.429. The van der Waals surface area contributed by atoms with Crippen LogP contribution in [-0.2, 0) is 0 Å². The van der Waals surface area contributed by atoms with Crippen molar-refractivity contribution in [3.8, 4) is 0 Å². The Bertz CT molecular complexity index is 468. The van der Waals surface area contributed by atoms with Gasteiger partial charge in [0.15, 0.2) is 0 Å². The zero-order chi connectivity index (χ0) is 10.1. The molecule has 7 heteroatoms. The molecule has 2 aromatic heterocycles. The molecule has 102 valence electrons. The highest BCUT2D eigenvalue weighted by atomic mass is 35.5. The Balaban J connectivity index is 0.000000963. The van der Waals surface area contributed by atoms with Crippen LogP contribution in [0.2, 0.25) is 0 Å². The minimum absolute atomic E-state index is 0. The van der Waals surface area contributed by atoms with E-state index in [0.717, 1.165) is 25.3 Å². The number of rotatable bonds is 1. The van der Waals surface area contributed by atoms with Crippen LogP contribution in [0.25, 0.3) is 5.65 Å². The molecule has 0 aliphatic carbocycles. The highest BCUT2D eigenvalue weighted by molar-refractivity contribution is 5.86. The number of imidazole rings is 1. The number of piperazine rings is 1. The van der Waals surface area contributed by atoms with Crippen molar-refractivity contribution in [2.75, 3.05) is 19.6 Å². The Kier molecular flexibility index (Phi) is 7.59. The van der Waals surface area contributed by atoms with Gasteiger partial charge in [0.25, 0.3) is 0 Å². The van der Waals surface area contributed by atoms with Crippen LogP contribution in [0.3, 0.4) is 0 Å². The lowest BCUT2D eigenvalue weighted by atomic mass is 10.1. The van der Waals surface area contributed by atoms with Crippen molar-refractivity contribution in [2.45, 2.75) is 6.04 Å². The Labute approximate surface area is 125 Å². The number of fused-ring (bicyclic) bond motifs is 1. The number of hydrogen-bond acceptors (Lipinski definition) is 3. The zero-order valence-electron chi connectivity index (χ0n) is 9.70. The number of nitrogens with zero attached hydrogens (tertiary/aromatic N) is 2. The average Bonchev–Trinajstić information content (AvgIpc) is 2.77. The molecule has 3 heterocycles. The molecule has 1 unspecified atom stereocenters. The third kappa shape index (κ3) is 3.49. The van der Waals surface area contributed by atoms with E-state index in [1.165, 1.54) is 5.56 Å². The van der Waals surface area contributed by atoms with Gasteiger partial charge in [-0.3, -0.25) is 0 Å². The number of halogens is 3. The fourth-order valence-electron chi connectivity index (χ4n) is 2.03. The molecule has 0 aromatic carbocycles. The summed E-state index contributed by atoms with van der Waals surface area (Å²) in [5.41, 5.74) is 2.32. The van der Waals surface area contributed by atoms with Crippen molar-refractivity contribution in [2.24, 2.45) is 0 Å². The van der Waals surface area contributed by atoms with Crippen molar-refractivity contribution < 1.29 is 0 Å². The van der Waals surface area contributed by atoms with Gasteiger partial charge < -0.3 is 15.0 Å². The smallest absolute Gasteiger partial charge is 0.136 e. The minimum Gasteiger partial charge on any atom is -0.314 e. The second-order valence-corrected chi connectivity index (χ2v) is 3.87. The molecule has 1 atom stereocenters. The molecule has 0 bridgehead atoms. The molecule has 2 aromatic rings. The molecule has 18 heavy (non-hydrogen) atoms. The molecular formula is C11H17Cl3N4. The molecule has 1 fully saturated rings. The Morgan fingerprint density at radius 2 is 2.00 bits per heavy atom. The zero-order valence-corrected chi connectivity index (χ0v) is 12.2. The van der Waals surface area contributed by atoms with Crippen molar-refractivity contribution in [1.29, 1.82) is 0 Å². The van der Waals surface area contributed by atoms with E-state index < -0.39 is 0 Å². The van der Waals surface area contributed by atoms with Gasteiger partial charge in [-0.15, -0.1) is 37.2 Å². The van der Waals surface area contributed by atoms with Crippen LogP contribution in [0, 0.1) is 0 Å². The molecule has 1 aliphatic heterocycles. The first kappa shape index (κ1) is 17.5. The van der Waals surface area contributed by atoms with Crippen LogP contribution in [0.4, 0.5) is 0 Å². The first-order valence-electron chi connectivity index (χ1n) is 5.30. The van der Waals surface area contributed by atoms with E-state index in [-0.39, 0.29) is 37.2 Å². The molecule has 0 amide bonds. The summed E-state index contributed by atoms with van der Waals surface area (Å²) in [5.74, 6) is 0. The quantitative estimate of drug-likeness (QED) is 0.844. The highest BCUT2D eigenvalue weighted by Gasteiger charge is 2.14. The standard InChI is InChI=1S/C11H14N4.3ClH/c1-2-11-14-5-6-15(11)8-9(1)10-7-12-3-4-13-10;;;/h1-2,5-6,8,10,12-13H,3-4,7H2;3*1H. The topological polar surface area (TPSA) is 41.4 Å². The molecule has 0 saturated carbocycles. The fourth-order valence-corrected chi connectivity index (χ4v) is 2.03. The third-order valence-electron chi connectivity index (χ3n) is 2.85. The van der Waals surface area contributed by atoms with E-state index in [4.69, 9.17) is 0 Å². The molecule has 1 saturated heterocycles. The fraction of sp³-hybridized carbons (Fsp3) is 0.364. The van der Waals surface area contributed by atoms with Gasteiger partial charge in [-0.05, 0) is 11.6 Å². The average molecular weight is 312 g/mol. The van der Waals surface area contributed by atoms with Crippen molar-refractivity contribution in [3.63, 3.8) is 0 Å². The summed E-state index contributed by atoms with van der Waals surface area (Å²) in [6.45, 7) is 3.09. The number of aromatic nitrogens is 2. The summed E-state index contributed by atoms with van der Waals surface area (Å²) in [5, 5.41) is 6.88. The van der Waals surface area contributed by atoms with Crippen molar-refractivity contribution in [1.82, 2.24) is 20.0 Å². The minimum atomic E-state index is 0. The summed E-state index contributed by atoms with van der Waals surface area (Å²) in [6.07, 6.45) is 5.95. The maximum atomic E-state index is 4.23. The predicted octanol–water partition coefficient (Wildman–Crippen LogP) is 1.83. The first-order chi connectivity index (χ1) is 7.43. The molecule has 2 N–H and O–H groups in total. The number of hydrogen-bond donors (Lipinski definition) is 2. The Hall–Kier alpha value is -0.520. The van der Waals surface area contributed by atoms with E-state index in [9.17, 15) is 0 Å². The van der Waals surface area contributed by atoms with Gasteiger partial charge in [0.05, 0.1) is 0 Å². The second kappa shape index (κ2) is 7.81. The third-order valence-corrected chi connectivity index (χ3v) is 2.85. The second-order valence-electron chi connectivity index (χ2n) is 3.87. The van der Waals surface area contributed by atoms with E-state index >= 15 is 0 Å². The van der Waals surface area contributed by atoms with E-state index in [1.54, 1.807) is 0 Å². The van der Waals surface area contributed by atoms with Gasteiger partial charge in [-0.2, -0.15) is 0 Å². The molecule has 1 aliphatic rings. The molecule has 3 rings (SSSR count). The largest absolute Gasteiger partial charge is 0.314 e. The lowest BCUT2D eigenvalue weighted by Gasteiger charge is -2.24. The van der Waals surface area contributed by atoms with Crippen molar-refractivity contribution >= 4 is 42.9 Å². The van der Waals surface area contributed by atoms with E-state index in [2.05, 4.69) is 38.3 Å². The van der Waals surface area contributed by atoms with Gasteiger partial charge in [-0.25, -0.2) is 4.98 Å². The van der Waals surface area contributed by atoms with Crippen LogP contribution < -0.4 is 10.6 Å². The molecule has 0 spiro atoms. The van der Waals surface area contributed by atoms with E-state index in [0.29, 0.717) is 6.04 Å². The van der Waals surface area contributed by atoms with Gasteiger partial charge >= 0.3 is 0 Å². The maximum absolute atomic E-state index is 4.23. The maximum Gasteiger partial charge on any atom is 0.136 e. The van der Waals surface area contributed by atoms with Crippen LogP contribution in [0.15, 0.2) is 30.7 Å². The normalized spacial score (nSPS) is 18.3. The SMILES string of the molecule is Cl.Cl.Cl.c1cn2cc(C3CNCCN3)ccc2n1. The van der Waals surface area contributed by atoms with Gasteiger partial charge in [-0.1, -0.05) is 6.07 Å². The van der Waals surface area contributed by atoms with Crippen LogP contribution in [0.5, 0.6) is 0 Å². The summed E-state index contributed by atoms with van der Waals surface area (Å²) >= 11 is 0. The Morgan fingerprint density at radius 1 is 1.17 bits per heavy atom. The summed E-state index contributed by atoms with van der Waals surface area (Å²) in [4.78, 5) is 4.23. The van der Waals surface area contributed by atoms with Gasteiger partial charge in [0.1, 0.15) is 5.65 Å². The summed E-state index contributed by atoms with van der Waals surface area (Å²) in [6, 6.07) is 4.63. The van der Waals surface area contributed by atoms with Crippen LogP contribution in [0.1, 0.15) is 11.6 Å². The Morgan fingerprint density at radius 3 is 2.72 bits per heavy atom. The van der Waals surface area contributed by atoms with E-state index in [1.807, 2.05) is 12.4 Å². The lowest BCUT2D eigenvalue weighted by Crippen LogP contribution is -2.42. The molecular weight excluding hydrogens is 295 g/mol. The summed E-state index contributed by atoms with van der Waals surface area (Å²) in [7, 11) is 0. The molecule has 4 nitrogen and oxygen atoms in total. The number of nitrogens with one attached hydrogen (secondary N) is 2. The van der Waals surface area contributed by atoms with Crippen LogP contribution in [-0.4, -0.2) is 29.0 Å². The highest BCUT2D eigenvalue weighted by Crippen LogP contribution is 2.14. The predicted molar refractivity (Wildman–Crippen MR) is 80.5 cm³/mol.